The second kappa shape index (κ2) is 3.51. The minimum absolute atomic E-state index is 0.0174. The maximum atomic E-state index is 5.77. The molecule has 1 rings (SSSR count). The van der Waals surface area contributed by atoms with E-state index in [1.54, 1.807) is 0 Å². The van der Waals surface area contributed by atoms with Gasteiger partial charge in [-0.1, -0.05) is 24.3 Å². The highest BCUT2D eigenvalue weighted by molar-refractivity contribution is 5.28. The molecule has 11 heavy (non-hydrogen) atoms. The molecule has 0 amide bonds. The van der Waals surface area contributed by atoms with Gasteiger partial charge in [0, 0.05) is 12.6 Å². The minimum atomic E-state index is -0.0174. The Hall–Kier alpha value is -0.860. The predicted molar refractivity (Wildman–Crippen MR) is 47.2 cm³/mol. The highest BCUT2D eigenvalue weighted by atomic mass is 14.7. The van der Waals surface area contributed by atoms with Gasteiger partial charge in [0.1, 0.15) is 0 Å². The lowest BCUT2D eigenvalue weighted by Gasteiger charge is -2.11. The van der Waals surface area contributed by atoms with Crippen LogP contribution in [0.5, 0.6) is 0 Å². The molecular weight excluding hydrogens is 136 g/mol. The summed E-state index contributed by atoms with van der Waals surface area (Å²) in [7, 11) is 0. The Labute approximate surface area is 67.2 Å². The van der Waals surface area contributed by atoms with Gasteiger partial charge in [-0.2, -0.15) is 0 Å². The molecule has 1 aromatic carbocycles. The van der Waals surface area contributed by atoms with Crippen LogP contribution in [0.4, 0.5) is 0 Å². The van der Waals surface area contributed by atoms with Crippen molar-refractivity contribution < 1.29 is 0 Å². The summed E-state index contributed by atoms with van der Waals surface area (Å²) in [6, 6.07) is 8.04. The molecule has 1 aromatic rings. The molecule has 0 fully saturated rings. The molecule has 0 aliphatic heterocycles. The van der Waals surface area contributed by atoms with Crippen molar-refractivity contribution in [3.8, 4) is 0 Å². The van der Waals surface area contributed by atoms with Gasteiger partial charge in [0.2, 0.25) is 0 Å². The Kier molecular flexibility index (Phi) is 2.63. The van der Waals surface area contributed by atoms with Crippen molar-refractivity contribution in [2.24, 2.45) is 11.5 Å². The second-order valence-electron chi connectivity index (χ2n) is 2.70. The van der Waals surface area contributed by atoms with E-state index >= 15 is 0 Å². The molecule has 0 spiro atoms. The van der Waals surface area contributed by atoms with Crippen molar-refractivity contribution in [3.63, 3.8) is 0 Å². The predicted octanol–water partition coefficient (Wildman–Crippen LogP) is 0.954. The summed E-state index contributed by atoms with van der Waals surface area (Å²) in [4.78, 5) is 0. The SMILES string of the molecule is Cc1ccccc1[C@@H](N)CN. The maximum absolute atomic E-state index is 5.77. The van der Waals surface area contributed by atoms with E-state index in [0.717, 1.165) is 5.56 Å². The van der Waals surface area contributed by atoms with Crippen LogP contribution >= 0.6 is 0 Å². The van der Waals surface area contributed by atoms with E-state index in [1.165, 1.54) is 5.56 Å². The molecule has 0 aliphatic rings. The van der Waals surface area contributed by atoms with Gasteiger partial charge < -0.3 is 11.5 Å². The van der Waals surface area contributed by atoms with Gasteiger partial charge in [0.05, 0.1) is 0 Å². The largest absolute Gasteiger partial charge is 0.329 e. The fourth-order valence-corrected chi connectivity index (χ4v) is 1.13. The van der Waals surface area contributed by atoms with Gasteiger partial charge in [-0.3, -0.25) is 0 Å². The first-order valence-electron chi connectivity index (χ1n) is 3.77. The molecule has 0 aromatic heterocycles. The average Bonchev–Trinajstić information content (AvgIpc) is 2.04. The average molecular weight is 150 g/mol. The lowest BCUT2D eigenvalue weighted by atomic mass is 10.0. The first-order chi connectivity index (χ1) is 5.25. The van der Waals surface area contributed by atoms with Crippen molar-refractivity contribution in [1.82, 2.24) is 0 Å². The third-order valence-corrected chi connectivity index (χ3v) is 1.84. The van der Waals surface area contributed by atoms with Gasteiger partial charge in [0.25, 0.3) is 0 Å². The molecule has 60 valence electrons. The lowest BCUT2D eigenvalue weighted by molar-refractivity contribution is 0.732. The molecule has 0 bridgehead atoms. The van der Waals surface area contributed by atoms with E-state index in [-0.39, 0.29) is 6.04 Å². The standard InChI is InChI=1S/C9H14N2/c1-7-4-2-3-5-8(7)9(11)6-10/h2-5,9H,6,10-11H2,1H3/t9-/m0/s1. The third kappa shape index (κ3) is 1.79. The van der Waals surface area contributed by atoms with E-state index in [9.17, 15) is 0 Å². The molecule has 0 heterocycles. The van der Waals surface area contributed by atoms with Crippen molar-refractivity contribution >= 4 is 0 Å². The van der Waals surface area contributed by atoms with Gasteiger partial charge in [-0.15, -0.1) is 0 Å². The minimum Gasteiger partial charge on any atom is -0.329 e. The normalized spacial score (nSPS) is 13.0. The Balaban J connectivity index is 2.93. The van der Waals surface area contributed by atoms with Gasteiger partial charge >= 0.3 is 0 Å². The molecule has 0 radical (unpaired) electrons. The summed E-state index contributed by atoms with van der Waals surface area (Å²) < 4.78 is 0. The summed E-state index contributed by atoms with van der Waals surface area (Å²) in [6.45, 7) is 2.55. The number of aryl methyl sites for hydroxylation is 1. The van der Waals surface area contributed by atoms with Gasteiger partial charge in [0.15, 0.2) is 0 Å². The van der Waals surface area contributed by atoms with E-state index < -0.39 is 0 Å². The van der Waals surface area contributed by atoms with Gasteiger partial charge in [-0.05, 0) is 18.1 Å². The molecule has 2 heteroatoms. The van der Waals surface area contributed by atoms with Crippen LogP contribution in [-0.4, -0.2) is 6.54 Å². The van der Waals surface area contributed by atoms with E-state index in [1.807, 2.05) is 31.2 Å². The quantitative estimate of drug-likeness (QED) is 0.659. The fourth-order valence-electron chi connectivity index (χ4n) is 1.13. The zero-order chi connectivity index (χ0) is 8.27. The molecule has 1 atom stereocenters. The summed E-state index contributed by atoms with van der Waals surface area (Å²) >= 11 is 0. The second-order valence-corrected chi connectivity index (χ2v) is 2.70. The summed E-state index contributed by atoms with van der Waals surface area (Å²) in [5, 5.41) is 0. The summed E-state index contributed by atoms with van der Waals surface area (Å²) in [6.07, 6.45) is 0. The zero-order valence-corrected chi connectivity index (χ0v) is 6.75. The maximum Gasteiger partial charge on any atom is 0.0422 e. The van der Waals surface area contributed by atoms with Crippen LogP contribution in [-0.2, 0) is 0 Å². The highest BCUT2D eigenvalue weighted by Crippen LogP contribution is 2.13. The number of benzene rings is 1. The lowest BCUT2D eigenvalue weighted by Crippen LogP contribution is -2.21. The molecule has 0 aliphatic carbocycles. The van der Waals surface area contributed by atoms with Crippen LogP contribution in [0.25, 0.3) is 0 Å². The summed E-state index contributed by atoms with van der Waals surface area (Å²) in [5.41, 5.74) is 13.6. The van der Waals surface area contributed by atoms with Crippen molar-refractivity contribution in [2.75, 3.05) is 6.54 Å². The van der Waals surface area contributed by atoms with Crippen molar-refractivity contribution in [3.05, 3.63) is 35.4 Å². The molecule has 0 saturated heterocycles. The molecular formula is C9H14N2. The summed E-state index contributed by atoms with van der Waals surface area (Å²) in [5.74, 6) is 0. The van der Waals surface area contributed by atoms with Crippen LogP contribution in [0.2, 0.25) is 0 Å². The number of hydrogen-bond donors (Lipinski definition) is 2. The van der Waals surface area contributed by atoms with Gasteiger partial charge in [-0.25, -0.2) is 0 Å². The first kappa shape index (κ1) is 8.24. The van der Waals surface area contributed by atoms with Crippen LogP contribution in [0.3, 0.4) is 0 Å². The Morgan fingerprint density at radius 1 is 1.36 bits per heavy atom. The molecule has 2 nitrogen and oxygen atoms in total. The first-order valence-corrected chi connectivity index (χ1v) is 3.77. The Bertz CT molecular complexity index is 233. The van der Waals surface area contributed by atoms with Crippen LogP contribution in [0.15, 0.2) is 24.3 Å². The van der Waals surface area contributed by atoms with E-state index in [4.69, 9.17) is 11.5 Å². The van der Waals surface area contributed by atoms with E-state index in [2.05, 4.69) is 0 Å². The fraction of sp³-hybridized carbons (Fsp3) is 0.333. The molecule has 4 N–H and O–H groups in total. The monoisotopic (exact) mass is 150 g/mol. The highest BCUT2D eigenvalue weighted by Gasteiger charge is 2.04. The number of rotatable bonds is 2. The third-order valence-electron chi connectivity index (χ3n) is 1.84. The Morgan fingerprint density at radius 2 is 2.00 bits per heavy atom. The zero-order valence-electron chi connectivity index (χ0n) is 6.75. The van der Waals surface area contributed by atoms with Crippen LogP contribution < -0.4 is 11.5 Å². The molecule has 0 saturated carbocycles. The van der Waals surface area contributed by atoms with Crippen molar-refractivity contribution in [1.29, 1.82) is 0 Å². The van der Waals surface area contributed by atoms with Crippen LogP contribution in [0, 0.1) is 6.92 Å². The number of hydrogen-bond acceptors (Lipinski definition) is 2. The molecule has 0 unspecified atom stereocenters. The van der Waals surface area contributed by atoms with Crippen LogP contribution in [0.1, 0.15) is 17.2 Å². The topological polar surface area (TPSA) is 52.0 Å². The smallest absolute Gasteiger partial charge is 0.0422 e. The van der Waals surface area contributed by atoms with E-state index in [0.29, 0.717) is 6.54 Å². The number of nitrogens with two attached hydrogens (primary N) is 2. The van der Waals surface area contributed by atoms with Crippen molar-refractivity contribution in [2.45, 2.75) is 13.0 Å². The Morgan fingerprint density at radius 3 is 2.55 bits per heavy atom.